The van der Waals surface area contributed by atoms with Crippen molar-refractivity contribution in [2.75, 3.05) is 6.54 Å². The van der Waals surface area contributed by atoms with Crippen molar-refractivity contribution in [3.05, 3.63) is 75.3 Å². The van der Waals surface area contributed by atoms with E-state index in [1.165, 1.54) is 29.3 Å². The van der Waals surface area contributed by atoms with Gasteiger partial charge in [-0.05, 0) is 24.6 Å². The standard InChI is InChI=1S/C18H16N4O3/c1-14-3-5-15(6-4-14)13-20-21(12-2-11-19)18(23)16-7-9-17(10-8-16)22(24)25/h3-10,13H,2,12H2,1H3/b20-13+. The Morgan fingerprint density at radius 1 is 1.24 bits per heavy atom. The van der Waals surface area contributed by atoms with Crippen LogP contribution in [0.15, 0.2) is 53.6 Å². The van der Waals surface area contributed by atoms with E-state index in [2.05, 4.69) is 5.10 Å². The third-order valence-corrected chi connectivity index (χ3v) is 3.42. The molecule has 0 fully saturated rings. The van der Waals surface area contributed by atoms with Crippen LogP contribution in [0.4, 0.5) is 5.69 Å². The van der Waals surface area contributed by atoms with Gasteiger partial charge in [-0.15, -0.1) is 0 Å². The van der Waals surface area contributed by atoms with Crippen molar-refractivity contribution in [2.24, 2.45) is 5.10 Å². The number of aryl methyl sites for hydroxylation is 1. The minimum absolute atomic E-state index is 0.0942. The molecule has 2 aromatic carbocycles. The second-order valence-corrected chi connectivity index (χ2v) is 5.30. The van der Waals surface area contributed by atoms with Gasteiger partial charge in [-0.2, -0.15) is 10.4 Å². The van der Waals surface area contributed by atoms with E-state index in [-0.39, 0.29) is 24.2 Å². The molecule has 7 nitrogen and oxygen atoms in total. The van der Waals surface area contributed by atoms with E-state index in [0.717, 1.165) is 11.1 Å². The molecule has 126 valence electrons. The maximum atomic E-state index is 12.5. The maximum absolute atomic E-state index is 12.5. The van der Waals surface area contributed by atoms with Crippen LogP contribution < -0.4 is 0 Å². The minimum atomic E-state index is -0.531. The van der Waals surface area contributed by atoms with E-state index in [9.17, 15) is 14.9 Å². The predicted octanol–water partition coefficient (Wildman–Crippen LogP) is 3.29. The van der Waals surface area contributed by atoms with Gasteiger partial charge in [-0.3, -0.25) is 14.9 Å². The van der Waals surface area contributed by atoms with Gasteiger partial charge in [0, 0.05) is 17.7 Å². The summed E-state index contributed by atoms with van der Waals surface area (Å²) in [6.45, 7) is 2.10. The molecule has 0 spiro atoms. The fraction of sp³-hybridized carbons (Fsp3) is 0.167. The molecule has 0 aromatic heterocycles. The van der Waals surface area contributed by atoms with Gasteiger partial charge in [0.15, 0.2) is 0 Å². The molecule has 0 aliphatic carbocycles. The summed E-state index contributed by atoms with van der Waals surface area (Å²) >= 11 is 0. The molecule has 0 saturated heterocycles. The number of hydrogen-bond acceptors (Lipinski definition) is 5. The average Bonchev–Trinajstić information content (AvgIpc) is 2.63. The highest BCUT2D eigenvalue weighted by atomic mass is 16.6. The Balaban J connectivity index is 2.20. The second kappa shape index (κ2) is 8.36. The highest BCUT2D eigenvalue weighted by molar-refractivity contribution is 5.95. The quantitative estimate of drug-likeness (QED) is 0.459. The summed E-state index contributed by atoms with van der Waals surface area (Å²) in [5, 5.41) is 24.8. The van der Waals surface area contributed by atoms with Crippen LogP contribution in [0.5, 0.6) is 0 Å². The Morgan fingerprint density at radius 2 is 1.88 bits per heavy atom. The minimum Gasteiger partial charge on any atom is -0.267 e. The van der Waals surface area contributed by atoms with Crippen molar-refractivity contribution in [1.82, 2.24) is 5.01 Å². The van der Waals surface area contributed by atoms with Gasteiger partial charge in [0.1, 0.15) is 0 Å². The number of benzene rings is 2. The topological polar surface area (TPSA) is 99.6 Å². The van der Waals surface area contributed by atoms with Crippen LogP contribution in [0.1, 0.15) is 27.9 Å². The van der Waals surface area contributed by atoms with Gasteiger partial charge < -0.3 is 0 Å². The molecule has 2 rings (SSSR count). The first-order valence-corrected chi connectivity index (χ1v) is 7.55. The van der Waals surface area contributed by atoms with Crippen LogP contribution in [0.2, 0.25) is 0 Å². The number of nitriles is 1. The molecule has 0 atom stereocenters. The van der Waals surface area contributed by atoms with Crippen LogP contribution in [-0.2, 0) is 0 Å². The zero-order valence-electron chi connectivity index (χ0n) is 13.6. The number of nitrogens with zero attached hydrogens (tertiary/aromatic N) is 4. The lowest BCUT2D eigenvalue weighted by Crippen LogP contribution is -2.27. The van der Waals surface area contributed by atoms with Crippen LogP contribution >= 0.6 is 0 Å². The maximum Gasteiger partial charge on any atom is 0.273 e. The van der Waals surface area contributed by atoms with Crippen molar-refractivity contribution in [3.8, 4) is 6.07 Å². The summed E-state index contributed by atoms with van der Waals surface area (Å²) in [6.07, 6.45) is 1.67. The largest absolute Gasteiger partial charge is 0.273 e. The van der Waals surface area contributed by atoms with E-state index in [1.807, 2.05) is 37.3 Å². The van der Waals surface area contributed by atoms with E-state index in [4.69, 9.17) is 5.26 Å². The SMILES string of the molecule is Cc1ccc(/C=N/N(CCC#N)C(=O)c2ccc([N+](=O)[O-])cc2)cc1. The summed E-state index contributed by atoms with van der Waals surface area (Å²) in [7, 11) is 0. The lowest BCUT2D eigenvalue weighted by atomic mass is 10.2. The summed E-state index contributed by atoms with van der Waals surface area (Å²) in [4.78, 5) is 22.7. The normalized spacial score (nSPS) is 10.4. The van der Waals surface area contributed by atoms with E-state index in [0.29, 0.717) is 0 Å². The highest BCUT2D eigenvalue weighted by Crippen LogP contribution is 2.14. The molecular formula is C18H16N4O3. The average molecular weight is 336 g/mol. The lowest BCUT2D eigenvalue weighted by molar-refractivity contribution is -0.384. The Hall–Kier alpha value is -3.53. The fourth-order valence-corrected chi connectivity index (χ4v) is 2.03. The molecule has 0 saturated carbocycles. The Labute approximate surface area is 145 Å². The number of carbonyl (C=O) groups excluding carboxylic acids is 1. The number of non-ortho nitro benzene ring substituents is 1. The molecule has 0 aliphatic rings. The van der Waals surface area contributed by atoms with Crippen LogP contribution in [-0.4, -0.2) is 28.6 Å². The molecule has 0 aliphatic heterocycles. The number of nitro benzene ring substituents is 1. The number of rotatable bonds is 6. The zero-order chi connectivity index (χ0) is 18.2. The third-order valence-electron chi connectivity index (χ3n) is 3.42. The van der Waals surface area contributed by atoms with Gasteiger partial charge in [0.2, 0.25) is 0 Å². The third kappa shape index (κ3) is 4.97. The smallest absolute Gasteiger partial charge is 0.267 e. The molecule has 0 bridgehead atoms. The van der Waals surface area contributed by atoms with Crippen molar-refractivity contribution in [1.29, 1.82) is 5.26 Å². The summed E-state index contributed by atoms with van der Waals surface area (Å²) in [6, 6.07) is 14.9. The van der Waals surface area contributed by atoms with Crippen molar-refractivity contribution < 1.29 is 9.72 Å². The van der Waals surface area contributed by atoms with Crippen molar-refractivity contribution >= 4 is 17.8 Å². The Kier molecular flexibility index (Phi) is 5.96. The van der Waals surface area contributed by atoms with Gasteiger partial charge in [-0.1, -0.05) is 29.8 Å². The molecular weight excluding hydrogens is 320 g/mol. The highest BCUT2D eigenvalue weighted by Gasteiger charge is 2.16. The number of nitro groups is 1. The number of amides is 1. The van der Waals surface area contributed by atoms with E-state index >= 15 is 0 Å². The monoisotopic (exact) mass is 336 g/mol. The number of carbonyl (C=O) groups is 1. The van der Waals surface area contributed by atoms with Crippen molar-refractivity contribution in [2.45, 2.75) is 13.3 Å². The predicted molar refractivity (Wildman–Crippen MR) is 93.1 cm³/mol. The van der Waals surface area contributed by atoms with Crippen molar-refractivity contribution in [3.63, 3.8) is 0 Å². The first kappa shape index (κ1) is 17.8. The first-order valence-electron chi connectivity index (χ1n) is 7.55. The van der Waals surface area contributed by atoms with E-state index < -0.39 is 10.8 Å². The number of hydrogen-bond donors (Lipinski definition) is 0. The lowest BCUT2D eigenvalue weighted by Gasteiger charge is -2.15. The fourth-order valence-electron chi connectivity index (χ4n) is 2.03. The molecule has 7 heteroatoms. The summed E-state index contributed by atoms with van der Waals surface area (Å²) < 4.78 is 0. The van der Waals surface area contributed by atoms with Gasteiger partial charge in [0.05, 0.1) is 30.2 Å². The Morgan fingerprint density at radius 3 is 2.44 bits per heavy atom. The number of hydrazone groups is 1. The van der Waals surface area contributed by atoms with Gasteiger partial charge >= 0.3 is 0 Å². The summed E-state index contributed by atoms with van der Waals surface area (Å²) in [5.74, 6) is -0.423. The molecule has 1 amide bonds. The zero-order valence-corrected chi connectivity index (χ0v) is 13.6. The molecule has 2 aromatic rings. The summed E-state index contributed by atoms with van der Waals surface area (Å²) in [5.41, 5.74) is 2.11. The molecule has 25 heavy (non-hydrogen) atoms. The molecule has 0 unspecified atom stereocenters. The first-order chi connectivity index (χ1) is 12.0. The van der Waals surface area contributed by atoms with Crippen LogP contribution in [0.3, 0.4) is 0 Å². The molecule has 0 radical (unpaired) electrons. The van der Waals surface area contributed by atoms with Gasteiger partial charge in [0.25, 0.3) is 11.6 Å². The van der Waals surface area contributed by atoms with Gasteiger partial charge in [-0.25, -0.2) is 5.01 Å². The Bertz CT molecular complexity index is 821. The molecule has 0 N–H and O–H groups in total. The van der Waals surface area contributed by atoms with E-state index in [1.54, 1.807) is 6.21 Å². The molecule has 0 heterocycles. The second-order valence-electron chi connectivity index (χ2n) is 5.30. The van der Waals surface area contributed by atoms with Crippen LogP contribution in [0.25, 0.3) is 0 Å². The van der Waals surface area contributed by atoms with Crippen LogP contribution in [0, 0.1) is 28.4 Å².